The topological polar surface area (TPSA) is 65.1 Å². The van der Waals surface area contributed by atoms with Crippen molar-refractivity contribution in [3.63, 3.8) is 0 Å². The molecule has 7 nitrogen and oxygen atoms in total. The van der Waals surface area contributed by atoms with Gasteiger partial charge in [-0.1, -0.05) is 29.3 Å². The molecule has 2 unspecified atom stereocenters. The van der Waals surface area contributed by atoms with E-state index in [9.17, 15) is 9.59 Å². The van der Waals surface area contributed by atoms with Crippen LogP contribution in [0.5, 0.6) is 0 Å². The number of nitrogens with one attached hydrogen (secondary N) is 1. The van der Waals surface area contributed by atoms with Gasteiger partial charge in [-0.25, -0.2) is 5.06 Å². The Morgan fingerprint density at radius 3 is 2.61 bits per heavy atom. The van der Waals surface area contributed by atoms with Crippen LogP contribution in [0.4, 0.5) is 0 Å². The molecule has 1 N–H and O–H groups in total. The van der Waals surface area contributed by atoms with Crippen molar-refractivity contribution in [2.24, 2.45) is 0 Å². The van der Waals surface area contributed by atoms with Crippen LogP contribution >= 0.6 is 48.5 Å². The summed E-state index contributed by atoms with van der Waals surface area (Å²) >= 11 is 21.0. The van der Waals surface area contributed by atoms with Crippen LogP contribution in [0.25, 0.3) is 5.57 Å². The molecule has 1 fully saturated rings. The number of nitrogens with zero attached hydrogens (tertiary/aromatic N) is 3. The van der Waals surface area contributed by atoms with Gasteiger partial charge in [-0.05, 0) is 55.5 Å². The van der Waals surface area contributed by atoms with Gasteiger partial charge in [-0.15, -0.1) is 0 Å². The number of hydroxylamine groups is 2. The minimum atomic E-state index is -0.133. The molecule has 2 heterocycles. The maximum atomic E-state index is 13.5. The van der Waals surface area contributed by atoms with Gasteiger partial charge in [0.1, 0.15) is 0 Å². The van der Waals surface area contributed by atoms with Crippen LogP contribution < -0.4 is 5.32 Å². The van der Waals surface area contributed by atoms with Gasteiger partial charge < -0.3 is 5.32 Å². The van der Waals surface area contributed by atoms with E-state index in [0.29, 0.717) is 40.7 Å². The summed E-state index contributed by atoms with van der Waals surface area (Å²) in [6.45, 7) is 3.29. The first-order chi connectivity index (χ1) is 17.3. The first-order valence-corrected chi connectivity index (χ1v) is 14.3. The number of carbonyl (C=O) groups is 2. The molecule has 2 aliphatic heterocycles. The number of rotatable bonds is 13. The lowest BCUT2D eigenvalue weighted by Crippen LogP contribution is -2.46. The monoisotopic (exact) mass is 574 g/mol. The molecular weight excluding hydrogens is 539 g/mol. The van der Waals surface area contributed by atoms with Gasteiger partial charge in [0.2, 0.25) is 5.91 Å². The minimum Gasteiger partial charge on any atom is -0.354 e. The molecule has 1 aromatic carbocycles. The molecule has 0 aromatic heterocycles. The van der Waals surface area contributed by atoms with E-state index in [0.717, 1.165) is 62.0 Å². The van der Waals surface area contributed by atoms with Gasteiger partial charge in [0.15, 0.2) is 0 Å². The third-order valence-corrected chi connectivity index (χ3v) is 8.07. The fourth-order valence-electron chi connectivity index (χ4n) is 5.17. The Balaban J connectivity index is 1.77. The minimum absolute atomic E-state index is 0.00793. The highest BCUT2D eigenvalue weighted by molar-refractivity contribution is 7.80. The lowest BCUT2D eigenvalue weighted by Gasteiger charge is -2.38. The summed E-state index contributed by atoms with van der Waals surface area (Å²) in [4.78, 5) is 35.5. The van der Waals surface area contributed by atoms with Crippen molar-refractivity contribution < 1.29 is 14.4 Å². The first-order valence-electron chi connectivity index (χ1n) is 12.3. The van der Waals surface area contributed by atoms with Crippen molar-refractivity contribution in [2.75, 3.05) is 58.4 Å². The van der Waals surface area contributed by atoms with Crippen molar-refractivity contribution in [2.45, 2.75) is 37.8 Å². The van der Waals surface area contributed by atoms with Gasteiger partial charge in [0.05, 0.1) is 23.7 Å². The highest BCUT2D eigenvalue weighted by Crippen LogP contribution is 2.44. The van der Waals surface area contributed by atoms with Crippen LogP contribution in [0.2, 0.25) is 10.0 Å². The predicted octanol–water partition coefficient (Wildman–Crippen LogP) is 3.67. The number of benzene rings is 1. The summed E-state index contributed by atoms with van der Waals surface area (Å²) in [5.74, 6) is 1.18. The second kappa shape index (κ2) is 14.3. The summed E-state index contributed by atoms with van der Waals surface area (Å²) in [5, 5.41) is 5.14. The third kappa shape index (κ3) is 7.34. The van der Waals surface area contributed by atoms with Crippen molar-refractivity contribution in [1.29, 1.82) is 0 Å². The zero-order valence-corrected chi connectivity index (χ0v) is 24.2. The van der Waals surface area contributed by atoms with E-state index < -0.39 is 0 Å². The average molecular weight is 576 g/mol. The van der Waals surface area contributed by atoms with Crippen LogP contribution in [0.15, 0.2) is 23.8 Å². The third-order valence-electron chi connectivity index (χ3n) is 6.91. The number of hydrogen-bond donors (Lipinski definition) is 3. The lowest BCUT2D eigenvalue weighted by atomic mass is 9.87. The molecule has 2 aliphatic rings. The van der Waals surface area contributed by atoms with Crippen LogP contribution in [-0.4, -0.2) is 97.1 Å². The SMILES string of the molecule is CON(C)C(=O)C1=C(c2ccc(Cl)c(Cl)c2)CC2CCC1N2CCCN(CCS)CC(=O)NCCS. The second-order valence-electron chi connectivity index (χ2n) is 9.12. The Kier molecular flexibility index (Phi) is 11.7. The Morgan fingerprint density at radius 2 is 1.94 bits per heavy atom. The summed E-state index contributed by atoms with van der Waals surface area (Å²) in [6.07, 6.45) is 3.60. The number of carbonyl (C=O) groups excluding carboxylic acids is 2. The molecule has 200 valence electrons. The molecule has 2 bridgehead atoms. The van der Waals surface area contributed by atoms with Gasteiger partial charge in [0.25, 0.3) is 5.91 Å². The van der Waals surface area contributed by atoms with Crippen molar-refractivity contribution >= 4 is 65.8 Å². The maximum Gasteiger partial charge on any atom is 0.274 e. The van der Waals surface area contributed by atoms with E-state index in [-0.39, 0.29) is 17.9 Å². The van der Waals surface area contributed by atoms with Crippen molar-refractivity contribution in [3.8, 4) is 0 Å². The number of hydrogen-bond acceptors (Lipinski definition) is 7. The zero-order valence-electron chi connectivity index (χ0n) is 20.9. The number of thiol groups is 2. The predicted molar refractivity (Wildman–Crippen MR) is 153 cm³/mol. The number of likely N-dealkylation sites (N-methyl/N-ethyl adjacent to an activating group) is 1. The van der Waals surface area contributed by atoms with Crippen LogP contribution in [0, 0.1) is 0 Å². The molecule has 11 heteroatoms. The zero-order chi connectivity index (χ0) is 26.2. The fraction of sp³-hybridized carbons (Fsp3) is 0.600. The summed E-state index contributed by atoms with van der Waals surface area (Å²) in [7, 11) is 3.14. The van der Waals surface area contributed by atoms with Gasteiger partial charge >= 0.3 is 0 Å². The maximum absolute atomic E-state index is 13.5. The molecule has 0 spiro atoms. The van der Waals surface area contributed by atoms with Crippen LogP contribution in [0.1, 0.15) is 31.2 Å². The molecule has 0 radical (unpaired) electrons. The molecule has 1 aromatic rings. The summed E-state index contributed by atoms with van der Waals surface area (Å²) in [5.41, 5.74) is 2.72. The number of halogens is 2. The molecule has 0 saturated carbocycles. The lowest BCUT2D eigenvalue weighted by molar-refractivity contribution is -0.164. The average Bonchev–Trinajstić information content (AvgIpc) is 3.14. The van der Waals surface area contributed by atoms with Crippen LogP contribution in [-0.2, 0) is 14.4 Å². The standard InChI is InChI=1S/C25H36Cl2N4O3S2/c1-29(34-2)25(33)24-19(17-4-6-20(26)21(27)14-17)15-18-5-7-22(24)31(18)10-3-9-30(11-13-36)16-23(32)28-8-12-35/h4,6,14,18,22,35-36H,3,5,7-13,15-16H2,1-2H3,(H,28,32). The summed E-state index contributed by atoms with van der Waals surface area (Å²) < 4.78 is 0. The van der Waals surface area contributed by atoms with Gasteiger partial charge in [-0.2, -0.15) is 25.3 Å². The Morgan fingerprint density at radius 1 is 1.17 bits per heavy atom. The van der Waals surface area contributed by atoms with Crippen LogP contribution in [0.3, 0.4) is 0 Å². The van der Waals surface area contributed by atoms with E-state index in [1.165, 1.54) is 12.2 Å². The van der Waals surface area contributed by atoms with Crippen molar-refractivity contribution in [1.82, 2.24) is 20.2 Å². The highest BCUT2D eigenvalue weighted by Gasteiger charge is 2.44. The molecule has 1 saturated heterocycles. The largest absolute Gasteiger partial charge is 0.354 e. The normalized spacial score (nSPS) is 19.8. The van der Waals surface area contributed by atoms with E-state index in [1.54, 1.807) is 13.1 Å². The number of fused-ring (bicyclic) bond motifs is 2. The van der Waals surface area contributed by atoms with Crippen molar-refractivity contribution in [3.05, 3.63) is 39.4 Å². The number of amides is 2. The fourth-order valence-corrected chi connectivity index (χ4v) is 5.87. The molecule has 3 rings (SSSR count). The Labute approximate surface area is 235 Å². The summed E-state index contributed by atoms with van der Waals surface area (Å²) in [6, 6.07) is 5.93. The van der Waals surface area contributed by atoms with E-state index in [2.05, 4.69) is 40.4 Å². The van der Waals surface area contributed by atoms with E-state index >= 15 is 0 Å². The van der Waals surface area contributed by atoms with E-state index in [1.807, 2.05) is 12.1 Å². The molecule has 2 amide bonds. The quantitative estimate of drug-likeness (QED) is 0.248. The first kappa shape index (κ1) is 29.6. The molecule has 2 atom stereocenters. The Bertz CT molecular complexity index is 965. The molecule has 36 heavy (non-hydrogen) atoms. The smallest absolute Gasteiger partial charge is 0.274 e. The highest BCUT2D eigenvalue weighted by atomic mass is 35.5. The van der Waals surface area contributed by atoms with Gasteiger partial charge in [0, 0.05) is 55.8 Å². The second-order valence-corrected chi connectivity index (χ2v) is 10.8. The van der Waals surface area contributed by atoms with Gasteiger partial charge in [-0.3, -0.25) is 24.2 Å². The molecule has 0 aliphatic carbocycles. The Hall–Kier alpha value is -0.940. The van der Waals surface area contributed by atoms with E-state index in [4.69, 9.17) is 28.0 Å². The molecular formula is C25H36Cl2N4O3S2.